The van der Waals surface area contributed by atoms with Crippen molar-refractivity contribution in [2.24, 2.45) is 0 Å². The summed E-state index contributed by atoms with van der Waals surface area (Å²) in [7, 11) is 0. The third kappa shape index (κ3) is 2.67. The highest BCUT2D eigenvalue weighted by Gasteiger charge is 2.28. The molecule has 0 aromatic heterocycles. The third-order valence-electron chi connectivity index (χ3n) is 2.80. The lowest BCUT2D eigenvalue weighted by molar-refractivity contribution is -0.541. The topological polar surface area (TPSA) is 26.5 Å². The van der Waals surface area contributed by atoms with Gasteiger partial charge in [0, 0.05) is 0 Å². The van der Waals surface area contributed by atoms with Crippen LogP contribution in [0.1, 0.15) is 12.5 Å². The Morgan fingerprint density at radius 3 is 2.56 bits per heavy atom. The van der Waals surface area contributed by atoms with Gasteiger partial charge in [0.1, 0.15) is 19.6 Å². The fourth-order valence-corrected chi connectivity index (χ4v) is 1.89. The van der Waals surface area contributed by atoms with E-state index in [1.165, 1.54) is 5.56 Å². The van der Waals surface area contributed by atoms with Crippen LogP contribution in [0, 0.1) is 0 Å². The molecular weight excluding hydrogens is 224 g/mol. The Labute approximate surface area is 102 Å². The summed E-state index contributed by atoms with van der Waals surface area (Å²) in [5.41, 5.74) is 1.24. The van der Waals surface area contributed by atoms with Gasteiger partial charge in [0.15, 0.2) is 0 Å². The number of amidine groups is 1. The highest BCUT2D eigenvalue weighted by Crippen LogP contribution is 2.05. The fraction of sp³-hybridized carbons (Fsp3) is 0.417. The molecule has 0 saturated heterocycles. The zero-order chi connectivity index (χ0) is 10.7. The zero-order valence-corrected chi connectivity index (χ0v) is 10.2. The Kier molecular flexibility index (Phi) is 4.62. The van der Waals surface area contributed by atoms with Crippen LogP contribution in [0.3, 0.4) is 0 Å². The van der Waals surface area contributed by atoms with Gasteiger partial charge in [0.05, 0.1) is 6.54 Å². The summed E-state index contributed by atoms with van der Waals surface area (Å²) in [6, 6.07) is 10.7. The Bertz CT molecular complexity index is 365. The second kappa shape index (κ2) is 5.75. The van der Waals surface area contributed by atoms with Gasteiger partial charge in [-0.1, -0.05) is 30.3 Å². The van der Waals surface area contributed by atoms with E-state index in [1.54, 1.807) is 0 Å². The van der Waals surface area contributed by atoms with E-state index >= 15 is 0 Å². The predicted octanol–water partition coefficient (Wildman–Crippen LogP) is -1.55. The maximum atomic E-state index is 9.88. The number of nitrogens with zero attached hydrogens (tertiary/aromatic N) is 2. The molecule has 0 amide bonds. The van der Waals surface area contributed by atoms with E-state index in [1.807, 2.05) is 27.7 Å². The van der Waals surface area contributed by atoms with Crippen LogP contribution in [0.4, 0.5) is 0 Å². The molecule has 0 saturated carbocycles. The molecule has 0 spiro atoms. The molecule has 88 valence electrons. The van der Waals surface area contributed by atoms with Crippen molar-refractivity contribution in [1.29, 1.82) is 0 Å². The molecule has 16 heavy (non-hydrogen) atoms. The largest absolute Gasteiger partial charge is 1.00 e. The first-order chi connectivity index (χ1) is 7.31. The molecular formula is C12H17ClN2O. The SMILES string of the molecule is CCN1CC[N+](Cc2ccccc2)=C1O.[Cl-]. The normalized spacial score (nSPS) is 15.2. The average molecular weight is 241 g/mol. The van der Waals surface area contributed by atoms with Gasteiger partial charge in [0.25, 0.3) is 0 Å². The predicted molar refractivity (Wildman–Crippen MR) is 60.2 cm³/mol. The van der Waals surface area contributed by atoms with Gasteiger partial charge in [-0.25, -0.2) is 9.48 Å². The minimum absolute atomic E-state index is 0. The van der Waals surface area contributed by atoms with Crippen molar-refractivity contribution in [2.45, 2.75) is 13.5 Å². The van der Waals surface area contributed by atoms with Gasteiger partial charge in [-0.05, 0) is 12.5 Å². The molecule has 1 heterocycles. The van der Waals surface area contributed by atoms with Crippen LogP contribution in [-0.2, 0) is 6.54 Å². The van der Waals surface area contributed by atoms with Gasteiger partial charge in [-0.2, -0.15) is 0 Å². The van der Waals surface area contributed by atoms with E-state index in [9.17, 15) is 5.11 Å². The molecule has 1 aliphatic rings. The van der Waals surface area contributed by atoms with Crippen LogP contribution in [0.2, 0.25) is 0 Å². The Balaban J connectivity index is 0.00000128. The van der Waals surface area contributed by atoms with Crippen LogP contribution < -0.4 is 12.4 Å². The summed E-state index contributed by atoms with van der Waals surface area (Å²) >= 11 is 0. The van der Waals surface area contributed by atoms with Gasteiger partial charge < -0.3 is 17.5 Å². The molecule has 0 aliphatic carbocycles. The van der Waals surface area contributed by atoms with Crippen molar-refractivity contribution in [3.05, 3.63) is 35.9 Å². The lowest BCUT2D eigenvalue weighted by Crippen LogP contribution is -3.00. The average Bonchev–Trinajstić information content (AvgIpc) is 2.62. The van der Waals surface area contributed by atoms with Gasteiger partial charge in [0.2, 0.25) is 0 Å². The number of hydrogen-bond donors (Lipinski definition) is 1. The summed E-state index contributed by atoms with van der Waals surface area (Å²) in [6.07, 6.45) is 0. The van der Waals surface area contributed by atoms with Gasteiger partial charge >= 0.3 is 6.02 Å². The molecule has 4 heteroatoms. The summed E-state index contributed by atoms with van der Waals surface area (Å²) in [6.45, 7) is 5.56. The van der Waals surface area contributed by atoms with Crippen molar-refractivity contribution < 1.29 is 22.1 Å². The molecule has 0 fully saturated rings. The van der Waals surface area contributed by atoms with Crippen molar-refractivity contribution in [3.63, 3.8) is 0 Å². The molecule has 1 N–H and O–H groups in total. The number of aliphatic hydroxyl groups is 1. The summed E-state index contributed by atoms with van der Waals surface area (Å²) in [5, 5.41) is 9.88. The van der Waals surface area contributed by atoms with Crippen molar-refractivity contribution in [1.82, 2.24) is 4.90 Å². The van der Waals surface area contributed by atoms with E-state index in [4.69, 9.17) is 0 Å². The maximum Gasteiger partial charge on any atom is 0.444 e. The summed E-state index contributed by atoms with van der Waals surface area (Å²) in [5.74, 6) is 0. The summed E-state index contributed by atoms with van der Waals surface area (Å²) < 4.78 is 2.01. The van der Waals surface area contributed by atoms with Crippen LogP contribution in [0.15, 0.2) is 30.3 Å². The van der Waals surface area contributed by atoms with E-state index in [2.05, 4.69) is 19.1 Å². The maximum absolute atomic E-state index is 9.88. The molecule has 0 atom stereocenters. The van der Waals surface area contributed by atoms with E-state index < -0.39 is 0 Å². The molecule has 1 aromatic carbocycles. The Hall–Kier alpha value is -1.22. The first-order valence-corrected chi connectivity index (χ1v) is 5.41. The van der Waals surface area contributed by atoms with Crippen molar-refractivity contribution >= 4 is 6.02 Å². The molecule has 0 unspecified atom stereocenters. The van der Waals surface area contributed by atoms with E-state index in [0.717, 1.165) is 26.2 Å². The van der Waals surface area contributed by atoms with Crippen LogP contribution in [0.25, 0.3) is 0 Å². The smallest absolute Gasteiger partial charge is 0.444 e. The summed E-state index contributed by atoms with van der Waals surface area (Å²) in [4.78, 5) is 1.99. The highest BCUT2D eigenvalue weighted by molar-refractivity contribution is 5.67. The van der Waals surface area contributed by atoms with Crippen LogP contribution in [0.5, 0.6) is 0 Å². The van der Waals surface area contributed by atoms with Crippen LogP contribution >= 0.6 is 0 Å². The minimum Gasteiger partial charge on any atom is -1.00 e. The monoisotopic (exact) mass is 240 g/mol. The first kappa shape index (κ1) is 12.8. The highest BCUT2D eigenvalue weighted by atomic mass is 35.5. The lowest BCUT2D eigenvalue weighted by atomic mass is 10.2. The minimum atomic E-state index is 0. The molecule has 3 nitrogen and oxygen atoms in total. The fourth-order valence-electron chi connectivity index (χ4n) is 1.89. The quantitative estimate of drug-likeness (QED) is 0.648. The van der Waals surface area contributed by atoms with Crippen molar-refractivity contribution in [3.8, 4) is 0 Å². The molecule has 2 rings (SSSR count). The Morgan fingerprint density at radius 1 is 1.31 bits per heavy atom. The lowest BCUT2D eigenvalue weighted by Gasteiger charge is -2.04. The third-order valence-corrected chi connectivity index (χ3v) is 2.80. The molecule has 1 aromatic rings. The molecule has 1 aliphatic heterocycles. The molecule has 0 radical (unpaired) electrons. The number of aliphatic hydroxyl groups excluding tert-OH is 1. The van der Waals surface area contributed by atoms with Crippen LogP contribution in [-0.4, -0.2) is 40.2 Å². The van der Waals surface area contributed by atoms with Gasteiger partial charge in [-0.3, -0.25) is 0 Å². The number of halogens is 1. The first-order valence-electron chi connectivity index (χ1n) is 5.41. The van der Waals surface area contributed by atoms with E-state index in [-0.39, 0.29) is 12.4 Å². The Morgan fingerprint density at radius 2 is 2.00 bits per heavy atom. The number of hydrogen-bond acceptors (Lipinski definition) is 1. The second-order valence-electron chi connectivity index (χ2n) is 3.79. The zero-order valence-electron chi connectivity index (χ0n) is 9.43. The van der Waals surface area contributed by atoms with E-state index in [0.29, 0.717) is 6.02 Å². The number of rotatable bonds is 3. The van der Waals surface area contributed by atoms with Gasteiger partial charge in [-0.15, -0.1) is 0 Å². The molecule has 0 bridgehead atoms. The number of likely N-dealkylation sites (N-methyl/N-ethyl adjacent to an activating group) is 1. The second-order valence-corrected chi connectivity index (χ2v) is 3.79. The number of benzene rings is 1. The standard InChI is InChI=1S/C12H16N2O.ClH/c1-2-13-8-9-14(12(13)15)10-11-6-4-3-5-7-11;/h3-7H,2,8-10H2,1H3;1H. The van der Waals surface area contributed by atoms with Crippen molar-refractivity contribution in [2.75, 3.05) is 19.6 Å².